The summed E-state index contributed by atoms with van der Waals surface area (Å²) in [5.41, 5.74) is 6.90. The quantitative estimate of drug-likeness (QED) is 0.389. The lowest BCUT2D eigenvalue weighted by Gasteiger charge is -2.08. The predicted molar refractivity (Wildman–Crippen MR) is 77.4 cm³/mol. The van der Waals surface area contributed by atoms with Crippen LogP contribution < -0.4 is 10.5 Å². The maximum Gasteiger partial charge on any atom is 0.170 e. The zero-order valence-corrected chi connectivity index (χ0v) is 12.0. The van der Waals surface area contributed by atoms with Crippen molar-refractivity contribution in [3.05, 3.63) is 63.9 Å². The predicted octanol–water partition coefficient (Wildman–Crippen LogP) is 3.26. The van der Waals surface area contributed by atoms with Gasteiger partial charge in [-0.2, -0.15) is 0 Å². The third-order valence-electron chi connectivity index (χ3n) is 2.67. The number of benzene rings is 2. The van der Waals surface area contributed by atoms with E-state index < -0.39 is 0 Å². The fourth-order valence-corrected chi connectivity index (χ4v) is 2.04. The zero-order chi connectivity index (χ0) is 14.5. The molecule has 0 aromatic heterocycles. The average Bonchev–Trinajstić information content (AvgIpc) is 2.46. The van der Waals surface area contributed by atoms with Crippen LogP contribution in [0.3, 0.4) is 0 Å². The van der Waals surface area contributed by atoms with Crippen molar-refractivity contribution in [2.45, 2.75) is 6.61 Å². The first-order valence-corrected chi connectivity index (χ1v) is 6.54. The van der Waals surface area contributed by atoms with Gasteiger partial charge in [-0.1, -0.05) is 27.2 Å². The number of nitrogens with two attached hydrogens (primary N) is 1. The van der Waals surface area contributed by atoms with Crippen molar-refractivity contribution in [1.29, 1.82) is 0 Å². The normalized spacial score (nSPS) is 11.4. The molecule has 0 saturated carbocycles. The lowest BCUT2D eigenvalue weighted by molar-refractivity contribution is 0.305. The second-order valence-corrected chi connectivity index (χ2v) is 4.89. The van der Waals surface area contributed by atoms with Gasteiger partial charge in [-0.3, -0.25) is 0 Å². The second-order valence-electron chi connectivity index (χ2n) is 4.03. The first-order chi connectivity index (χ1) is 9.60. The molecule has 0 aliphatic heterocycles. The number of rotatable bonds is 4. The maximum absolute atomic E-state index is 13.0. The summed E-state index contributed by atoms with van der Waals surface area (Å²) in [6.45, 7) is 0.309. The Hall–Kier alpha value is -2.08. The third-order valence-corrected chi connectivity index (χ3v) is 3.41. The highest BCUT2D eigenvalue weighted by Gasteiger charge is 2.04. The minimum Gasteiger partial charge on any atom is -0.489 e. The molecule has 104 valence electrons. The molecule has 6 heteroatoms. The number of halogens is 2. The first-order valence-electron chi connectivity index (χ1n) is 5.75. The summed E-state index contributed by atoms with van der Waals surface area (Å²) in [6.07, 6.45) is 0. The lowest BCUT2D eigenvalue weighted by Crippen LogP contribution is -2.12. The molecule has 0 unspecified atom stereocenters. The van der Waals surface area contributed by atoms with Crippen molar-refractivity contribution < 1.29 is 14.3 Å². The summed E-state index contributed by atoms with van der Waals surface area (Å²) in [7, 11) is 0. The number of ether oxygens (including phenoxy) is 1. The molecule has 0 amide bonds. The van der Waals surface area contributed by atoms with Crippen LogP contribution in [-0.2, 0) is 6.61 Å². The highest BCUT2D eigenvalue weighted by Crippen LogP contribution is 2.20. The fourth-order valence-electron chi connectivity index (χ4n) is 1.58. The van der Waals surface area contributed by atoms with Gasteiger partial charge >= 0.3 is 0 Å². The van der Waals surface area contributed by atoms with E-state index in [2.05, 4.69) is 21.1 Å². The van der Waals surface area contributed by atoms with Gasteiger partial charge in [0.05, 0.1) is 0 Å². The van der Waals surface area contributed by atoms with E-state index in [4.69, 9.17) is 15.7 Å². The summed E-state index contributed by atoms with van der Waals surface area (Å²) in [6, 6.07) is 11.2. The molecule has 0 fully saturated rings. The van der Waals surface area contributed by atoms with Crippen molar-refractivity contribution in [3.63, 3.8) is 0 Å². The molecule has 2 aromatic carbocycles. The van der Waals surface area contributed by atoms with Gasteiger partial charge in [-0.15, -0.1) is 0 Å². The SMILES string of the molecule is N/C(=N\O)c1ccc(OCc2ccc(F)cc2Br)cc1. The van der Waals surface area contributed by atoms with E-state index in [1.807, 2.05) is 0 Å². The van der Waals surface area contributed by atoms with Gasteiger partial charge in [0.15, 0.2) is 5.84 Å². The largest absolute Gasteiger partial charge is 0.489 e. The van der Waals surface area contributed by atoms with Gasteiger partial charge in [-0.05, 0) is 36.4 Å². The van der Waals surface area contributed by atoms with Crippen molar-refractivity contribution >= 4 is 21.8 Å². The van der Waals surface area contributed by atoms with Gasteiger partial charge in [0.1, 0.15) is 18.2 Å². The van der Waals surface area contributed by atoms with Crippen molar-refractivity contribution in [2.75, 3.05) is 0 Å². The number of hydrogen-bond donors (Lipinski definition) is 2. The monoisotopic (exact) mass is 338 g/mol. The smallest absolute Gasteiger partial charge is 0.170 e. The van der Waals surface area contributed by atoms with Gasteiger partial charge in [0.2, 0.25) is 0 Å². The molecule has 0 saturated heterocycles. The molecule has 4 nitrogen and oxygen atoms in total. The highest BCUT2D eigenvalue weighted by atomic mass is 79.9. The van der Waals surface area contributed by atoms with Crippen LogP contribution in [0.2, 0.25) is 0 Å². The molecule has 20 heavy (non-hydrogen) atoms. The van der Waals surface area contributed by atoms with E-state index in [0.29, 0.717) is 22.4 Å². The van der Waals surface area contributed by atoms with Crippen molar-refractivity contribution in [2.24, 2.45) is 10.9 Å². The molecule has 0 spiro atoms. The number of amidine groups is 1. The Kier molecular flexibility index (Phi) is 4.57. The summed E-state index contributed by atoms with van der Waals surface area (Å²) >= 11 is 3.28. The molecular formula is C14H12BrFN2O2. The van der Waals surface area contributed by atoms with Crippen LogP contribution in [0.1, 0.15) is 11.1 Å². The summed E-state index contributed by atoms with van der Waals surface area (Å²) in [5.74, 6) is 0.372. The first kappa shape index (κ1) is 14.3. The van der Waals surface area contributed by atoms with Crippen LogP contribution in [-0.4, -0.2) is 11.0 Å². The van der Waals surface area contributed by atoms with Gasteiger partial charge < -0.3 is 15.7 Å². The standard InChI is InChI=1S/C14H12BrFN2O2/c15-13-7-11(16)4-1-10(13)8-20-12-5-2-9(3-6-12)14(17)18-19/h1-7,19H,8H2,(H2,17,18). The topological polar surface area (TPSA) is 67.8 Å². The molecule has 2 aromatic rings. The Morgan fingerprint density at radius 2 is 1.95 bits per heavy atom. The maximum atomic E-state index is 13.0. The van der Waals surface area contributed by atoms with Crippen LogP contribution in [0.5, 0.6) is 5.75 Å². The van der Waals surface area contributed by atoms with Crippen LogP contribution in [0, 0.1) is 5.82 Å². The number of nitrogens with zero attached hydrogens (tertiary/aromatic N) is 1. The summed E-state index contributed by atoms with van der Waals surface area (Å²) in [4.78, 5) is 0. The van der Waals surface area contributed by atoms with Crippen molar-refractivity contribution in [1.82, 2.24) is 0 Å². The van der Waals surface area contributed by atoms with Crippen LogP contribution in [0.15, 0.2) is 52.1 Å². The Balaban J connectivity index is 2.04. The lowest BCUT2D eigenvalue weighted by atomic mass is 10.2. The van der Waals surface area contributed by atoms with E-state index in [0.717, 1.165) is 5.56 Å². The van der Waals surface area contributed by atoms with Crippen molar-refractivity contribution in [3.8, 4) is 5.75 Å². The van der Waals surface area contributed by atoms with Crippen LogP contribution >= 0.6 is 15.9 Å². The molecule has 0 bridgehead atoms. The minimum atomic E-state index is -0.302. The molecule has 0 aliphatic carbocycles. The van der Waals surface area contributed by atoms with Crippen LogP contribution in [0.4, 0.5) is 4.39 Å². The van der Waals surface area contributed by atoms with Gasteiger partial charge in [0.25, 0.3) is 0 Å². The van der Waals surface area contributed by atoms with Crippen LogP contribution in [0.25, 0.3) is 0 Å². The zero-order valence-electron chi connectivity index (χ0n) is 10.4. The second kappa shape index (κ2) is 6.38. The average molecular weight is 339 g/mol. The van der Waals surface area contributed by atoms with E-state index in [9.17, 15) is 4.39 Å². The van der Waals surface area contributed by atoms with E-state index >= 15 is 0 Å². The molecular weight excluding hydrogens is 327 g/mol. The van der Waals surface area contributed by atoms with E-state index in [-0.39, 0.29) is 11.7 Å². The van der Waals surface area contributed by atoms with E-state index in [1.165, 1.54) is 12.1 Å². The molecule has 0 radical (unpaired) electrons. The molecule has 0 aliphatic rings. The molecule has 0 heterocycles. The Bertz CT molecular complexity index is 630. The molecule has 2 rings (SSSR count). The molecule has 0 atom stereocenters. The third kappa shape index (κ3) is 3.48. The Morgan fingerprint density at radius 3 is 2.55 bits per heavy atom. The fraction of sp³-hybridized carbons (Fsp3) is 0.0714. The minimum absolute atomic E-state index is 0.0397. The summed E-state index contributed by atoms with van der Waals surface area (Å²) < 4.78 is 19.2. The Labute approximate surface area is 123 Å². The Morgan fingerprint density at radius 1 is 1.25 bits per heavy atom. The van der Waals surface area contributed by atoms with E-state index in [1.54, 1.807) is 30.3 Å². The summed E-state index contributed by atoms with van der Waals surface area (Å²) in [5, 5.41) is 11.5. The highest BCUT2D eigenvalue weighted by molar-refractivity contribution is 9.10. The van der Waals surface area contributed by atoms with Gasteiger partial charge in [-0.25, -0.2) is 4.39 Å². The molecule has 3 N–H and O–H groups in total. The number of hydrogen-bond acceptors (Lipinski definition) is 3. The van der Waals surface area contributed by atoms with Gasteiger partial charge in [0, 0.05) is 15.6 Å². The number of oxime groups is 1.